The molecule has 1 unspecified atom stereocenters. The number of sulfonamides is 1. The average molecular weight is 589 g/mol. The number of likely N-dealkylation sites (N-methyl/N-ethyl adjacent to an activating group) is 1. The standard InChI is InChI=1S/C32H36N4O5S/c1-35(2)19-20-41-26-10-12-27(13-11-26)42(39,40)36(18-17-25-22-33-30-6-4-3-5-28(25)30)31-15-9-24-21-23(7-14-29(24)31)8-16-32(37)34-38/h3-8,10-14,16,21-22,31,33,38H,9,15,17-20H2,1-2H3,(H,34,37)/b16-8+. The van der Waals surface area contributed by atoms with Gasteiger partial charge in [-0.3, -0.25) is 10.0 Å². The zero-order chi connectivity index (χ0) is 29.7. The van der Waals surface area contributed by atoms with E-state index in [1.807, 2.05) is 67.7 Å². The fraction of sp³-hybridized carbons (Fsp3) is 0.281. The van der Waals surface area contributed by atoms with E-state index >= 15 is 0 Å². The molecule has 3 aromatic carbocycles. The molecule has 42 heavy (non-hydrogen) atoms. The second-order valence-corrected chi connectivity index (χ2v) is 12.6. The van der Waals surface area contributed by atoms with Crippen LogP contribution in [0.3, 0.4) is 0 Å². The van der Waals surface area contributed by atoms with Gasteiger partial charge in [0.25, 0.3) is 5.91 Å². The molecule has 1 heterocycles. The molecule has 9 nitrogen and oxygen atoms in total. The number of nitrogens with one attached hydrogen (secondary N) is 2. The summed E-state index contributed by atoms with van der Waals surface area (Å²) in [5, 5.41) is 9.85. The molecule has 0 saturated carbocycles. The van der Waals surface area contributed by atoms with Crippen molar-refractivity contribution in [2.45, 2.75) is 30.2 Å². The Hall–Kier alpha value is -3.96. The molecule has 5 rings (SSSR count). The Morgan fingerprint density at radius 1 is 1.10 bits per heavy atom. The molecular formula is C32H36N4O5S. The van der Waals surface area contributed by atoms with Crippen LogP contribution < -0.4 is 10.2 Å². The molecule has 1 aliphatic carbocycles. The Labute approximate surface area is 246 Å². The Morgan fingerprint density at radius 3 is 2.64 bits per heavy atom. The lowest BCUT2D eigenvalue weighted by molar-refractivity contribution is -0.124. The van der Waals surface area contributed by atoms with Crippen LogP contribution in [0.4, 0.5) is 0 Å². The van der Waals surface area contributed by atoms with Gasteiger partial charge in [-0.1, -0.05) is 36.4 Å². The SMILES string of the molecule is CN(C)CCOc1ccc(S(=O)(=O)N(CCc2c[nH]c3ccccc23)C2CCc3cc(/C=C/C(=O)NO)ccc32)cc1. The number of carbonyl (C=O) groups is 1. The number of para-hydroxylation sites is 1. The van der Waals surface area contributed by atoms with Crippen LogP contribution in [-0.4, -0.2) is 67.5 Å². The fourth-order valence-electron chi connectivity index (χ4n) is 5.43. The van der Waals surface area contributed by atoms with Gasteiger partial charge in [-0.2, -0.15) is 4.31 Å². The molecule has 0 radical (unpaired) electrons. The van der Waals surface area contributed by atoms with Gasteiger partial charge in [-0.05, 0) is 92.0 Å². The average Bonchev–Trinajstić information content (AvgIpc) is 3.60. The van der Waals surface area contributed by atoms with E-state index in [0.717, 1.165) is 39.7 Å². The highest BCUT2D eigenvalue weighted by Gasteiger charge is 2.36. The molecule has 1 aliphatic rings. The quantitative estimate of drug-likeness (QED) is 0.127. The van der Waals surface area contributed by atoms with Crippen molar-refractivity contribution in [2.75, 3.05) is 33.8 Å². The summed E-state index contributed by atoms with van der Waals surface area (Å²) in [7, 11) is 0.0864. The van der Waals surface area contributed by atoms with Gasteiger partial charge < -0.3 is 14.6 Å². The topological polar surface area (TPSA) is 115 Å². The number of hydrogen-bond donors (Lipinski definition) is 3. The molecule has 0 spiro atoms. The van der Waals surface area contributed by atoms with E-state index in [1.54, 1.807) is 40.1 Å². The highest BCUT2D eigenvalue weighted by molar-refractivity contribution is 7.89. The summed E-state index contributed by atoms with van der Waals surface area (Å²) in [5.74, 6) is 0.0138. The van der Waals surface area contributed by atoms with Crippen molar-refractivity contribution in [1.29, 1.82) is 0 Å². The van der Waals surface area contributed by atoms with Crippen LogP contribution in [0.2, 0.25) is 0 Å². The van der Waals surface area contributed by atoms with Gasteiger partial charge in [0.05, 0.1) is 10.9 Å². The Kier molecular flexibility index (Phi) is 9.08. The van der Waals surface area contributed by atoms with Crippen LogP contribution >= 0.6 is 0 Å². The van der Waals surface area contributed by atoms with Crippen molar-refractivity contribution in [3.05, 3.63) is 101 Å². The summed E-state index contributed by atoms with van der Waals surface area (Å²) in [5.41, 5.74) is 6.48. The third-order valence-corrected chi connectivity index (χ3v) is 9.53. The first-order valence-corrected chi connectivity index (χ1v) is 15.4. The Bertz CT molecular complexity index is 1680. The lowest BCUT2D eigenvalue weighted by Crippen LogP contribution is -2.35. The van der Waals surface area contributed by atoms with Crippen LogP contribution in [0.25, 0.3) is 17.0 Å². The molecule has 220 valence electrons. The summed E-state index contributed by atoms with van der Waals surface area (Å²) in [6.45, 7) is 1.58. The third-order valence-electron chi connectivity index (χ3n) is 7.61. The molecular weight excluding hydrogens is 552 g/mol. The van der Waals surface area contributed by atoms with Gasteiger partial charge in [-0.15, -0.1) is 0 Å². The second-order valence-electron chi connectivity index (χ2n) is 10.7. The van der Waals surface area contributed by atoms with E-state index in [0.29, 0.717) is 38.2 Å². The van der Waals surface area contributed by atoms with Gasteiger partial charge in [-0.25, -0.2) is 13.9 Å². The van der Waals surface area contributed by atoms with Crippen molar-refractivity contribution in [3.63, 3.8) is 0 Å². The zero-order valence-corrected chi connectivity index (χ0v) is 24.6. The fourth-order valence-corrected chi connectivity index (χ4v) is 7.07. The lowest BCUT2D eigenvalue weighted by Gasteiger charge is -2.29. The van der Waals surface area contributed by atoms with Crippen molar-refractivity contribution < 1.29 is 23.2 Å². The zero-order valence-electron chi connectivity index (χ0n) is 23.8. The lowest BCUT2D eigenvalue weighted by atomic mass is 10.0. The summed E-state index contributed by atoms with van der Waals surface area (Å²) >= 11 is 0. The Morgan fingerprint density at radius 2 is 1.88 bits per heavy atom. The molecule has 0 bridgehead atoms. The number of aryl methyl sites for hydroxylation is 1. The number of aromatic amines is 1. The van der Waals surface area contributed by atoms with E-state index in [9.17, 15) is 13.2 Å². The smallest absolute Gasteiger partial charge is 0.267 e. The second kappa shape index (κ2) is 12.9. The number of hydroxylamine groups is 1. The van der Waals surface area contributed by atoms with E-state index in [4.69, 9.17) is 9.94 Å². The maximum atomic E-state index is 14.2. The number of H-pyrrole nitrogens is 1. The summed E-state index contributed by atoms with van der Waals surface area (Å²) < 4.78 is 35.9. The van der Waals surface area contributed by atoms with Gasteiger partial charge in [0.15, 0.2) is 0 Å². The normalized spacial score (nSPS) is 15.1. The van der Waals surface area contributed by atoms with Gasteiger partial charge in [0.1, 0.15) is 12.4 Å². The van der Waals surface area contributed by atoms with Crippen LogP contribution in [-0.2, 0) is 27.7 Å². The van der Waals surface area contributed by atoms with Gasteiger partial charge in [0, 0.05) is 36.3 Å². The molecule has 10 heteroatoms. The number of nitrogens with zero attached hydrogens (tertiary/aromatic N) is 2. The van der Waals surface area contributed by atoms with E-state index in [1.165, 1.54) is 6.08 Å². The third kappa shape index (κ3) is 6.57. The number of rotatable bonds is 12. The molecule has 4 aromatic rings. The minimum Gasteiger partial charge on any atom is -0.492 e. The van der Waals surface area contributed by atoms with Crippen LogP contribution in [0, 0.1) is 0 Å². The first-order chi connectivity index (χ1) is 20.3. The number of aromatic nitrogens is 1. The van der Waals surface area contributed by atoms with E-state index in [2.05, 4.69) is 4.98 Å². The number of benzene rings is 3. The van der Waals surface area contributed by atoms with Gasteiger partial charge in [0.2, 0.25) is 10.0 Å². The molecule has 1 atom stereocenters. The summed E-state index contributed by atoms with van der Waals surface area (Å²) in [4.78, 5) is 17.0. The highest BCUT2D eigenvalue weighted by atomic mass is 32.2. The molecule has 3 N–H and O–H groups in total. The number of hydrogen-bond acceptors (Lipinski definition) is 6. The first kappa shape index (κ1) is 29.5. The maximum Gasteiger partial charge on any atom is 0.267 e. The number of amides is 1. The maximum absolute atomic E-state index is 14.2. The number of carbonyl (C=O) groups excluding carboxylic acids is 1. The summed E-state index contributed by atoms with van der Waals surface area (Å²) in [6, 6.07) is 20.1. The van der Waals surface area contributed by atoms with Gasteiger partial charge >= 0.3 is 0 Å². The van der Waals surface area contributed by atoms with Crippen LogP contribution in [0.1, 0.15) is 34.7 Å². The molecule has 0 aliphatic heterocycles. The van der Waals surface area contributed by atoms with Crippen LogP contribution in [0.15, 0.2) is 83.9 Å². The molecule has 1 amide bonds. The minimum absolute atomic E-state index is 0.226. The number of ether oxygens (including phenoxy) is 1. The molecule has 1 aromatic heterocycles. The molecule has 0 saturated heterocycles. The summed E-state index contributed by atoms with van der Waals surface area (Å²) in [6.07, 6.45) is 6.74. The predicted molar refractivity (Wildman–Crippen MR) is 163 cm³/mol. The minimum atomic E-state index is -3.85. The highest BCUT2D eigenvalue weighted by Crippen LogP contribution is 2.40. The van der Waals surface area contributed by atoms with E-state index < -0.39 is 15.9 Å². The van der Waals surface area contributed by atoms with Crippen molar-refractivity contribution in [2.24, 2.45) is 0 Å². The molecule has 0 fully saturated rings. The van der Waals surface area contributed by atoms with E-state index in [-0.39, 0.29) is 10.9 Å². The van der Waals surface area contributed by atoms with Crippen molar-refractivity contribution in [3.8, 4) is 5.75 Å². The van der Waals surface area contributed by atoms with Crippen molar-refractivity contribution >= 4 is 32.9 Å². The predicted octanol–water partition coefficient (Wildman–Crippen LogP) is 4.55. The van der Waals surface area contributed by atoms with Crippen molar-refractivity contribution in [1.82, 2.24) is 19.7 Å². The monoisotopic (exact) mass is 588 g/mol. The largest absolute Gasteiger partial charge is 0.492 e. The van der Waals surface area contributed by atoms with Crippen LogP contribution in [0.5, 0.6) is 5.75 Å². The number of fused-ring (bicyclic) bond motifs is 2. The first-order valence-electron chi connectivity index (χ1n) is 14.0. The Balaban J connectivity index is 1.44.